The Morgan fingerprint density at radius 1 is 1.38 bits per heavy atom. The number of rotatable bonds is 7. The molecule has 0 radical (unpaired) electrons. The van der Waals surface area contributed by atoms with Crippen LogP contribution in [0.15, 0.2) is 29.6 Å². The number of carbonyl (C=O) groups excluding carboxylic acids is 1. The highest BCUT2D eigenvalue weighted by molar-refractivity contribution is 7.92. The summed E-state index contributed by atoms with van der Waals surface area (Å²) in [6, 6.07) is 7.11. The van der Waals surface area contributed by atoms with Gasteiger partial charge >= 0.3 is 0 Å². The zero-order valence-electron chi connectivity index (χ0n) is 17.1. The maximum Gasteiger partial charge on any atom is 0.246 e. The number of hydrogen-bond acceptors (Lipinski definition) is 6. The van der Waals surface area contributed by atoms with Gasteiger partial charge in [0.2, 0.25) is 15.9 Å². The van der Waals surface area contributed by atoms with E-state index in [-0.39, 0.29) is 6.54 Å². The number of aromatic nitrogens is 1. The Labute approximate surface area is 176 Å². The zero-order valence-corrected chi connectivity index (χ0v) is 18.7. The van der Waals surface area contributed by atoms with Crippen LogP contribution in [0.5, 0.6) is 0 Å². The van der Waals surface area contributed by atoms with Gasteiger partial charge in [-0.25, -0.2) is 13.4 Å². The molecule has 1 unspecified atom stereocenters. The summed E-state index contributed by atoms with van der Waals surface area (Å²) in [6.07, 6.45) is 3.58. The predicted molar refractivity (Wildman–Crippen MR) is 118 cm³/mol. The lowest BCUT2D eigenvalue weighted by atomic mass is 10.0. The Morgan fingerprint density at radius 3 is 2.83 bits per heavy atom. The first-order chi connectivity index (χ1) is 13.7. The minimum Gasteiger partial charge on any atom is -0.300 e. The minimum atomic E-state index is -3.60. The van der Waals surface area contributed by atoms with Crippen LogP contribution in [0.2, 0.25) is 0 Å². The molecule has 1 aliphatic heterocycles. The Bertz CT molecular complexity index is 958. The second-order valence-electron chi connectivity index (χ2n) is 7.73. The Hall–Kier alpha value is -1.97. The van der Waals surface area contributed by atoms with Gasteiger partial charge < -0.3 is 5.32 Å². The van der Waals surface area contributed by atoms with E-state index < -0.39 is 15.9 Å². The molecule has 0 bridgehead atoms. The largest absolute Gasteiger partial charge is 0.300 e. The van der Waals surface area contributed by atoms with Crippen LogP contribution in [0, 0.1) is 12.8 Å². The lowest BCUT2D eigenvalue weighted by Gasteiger charge is -2.30. The van der Waals surface area contributed by atoms with E-state index in [4.69, 9.17) is 0 Å². The highest BCUT2D eigenvalue weighted by Gasteiger charge is 2.23. The van der Waals surface area contributed by atoms with Crippen molar-refractivity contribution in [2.24, 2.45) is 5.92 Å². The van der Waals surface area contributed by atoms with E-state index in [9.17, 15) is 13.2 Å². The van der Waals surface area contributed by atoms with Crippen molar-refractivity contribution in [3.8, 4) is 0 Å². The number of hydrogen-bond donors (Lipinski definition) is 1. The summed E-state index contributed by atoms with van der Waals surface area (Å²) in [5.41, 5.74) is 2.22. The molecule has 0 spiro atoms. The summed E-state index contributed by atoms with van der Waals surface area (Å²) in [5.74, 6) is 0.288. The molecule has 1 aliphatic rings. The first-order valence-corrected chi connectivity index (χ1v) is 12.4. The third kappa shape index (κ3) is 6.01. The number of sulfonamides is 1. The third-order valence-electron chi connectivity index (χ3n) is 5.00. The molecule has 1 atom stereocenters. The molecule has 1 fully saturated rings. The standard InChI is InChI=1S/C20H28N4O3S2/c1-15-7-6-10-23(11-15)12-17-14-28-20(21-17)22-19(25)13-24(29(3,26)27)18-9-5-4-8-16(18)2/h4-5,8-9,14-15H,6-7,10-13H2,1-3H3,(H,21,22,25). The molecule has 1 N–H and O–H groups in total. The molecule has 29 heavy (non-hydrogen) atoms. The average Bonchev–Trinajstić information content (AvgIpc) is 3.06. The maximum atomic E-state index is 12.5. The smallest absolute Gasteiger partial charge is 0.246 e. The van der Waals surface area contributed by atoms with E-state index in [0.29, 0.717) is 16.7 Å². The molecule has 158 valence electrons. The van der Waals surface area contributed by atoms with Crippen LogP contribution >= 0.6 is 11.3 Å². The minimum absolute atomic E-state index is 0.289. The van der Waals surface area contributed by atoms with Crippen molar-refractivity contribution in [2.45, 2.75) is 33.2 Å². The van der Waals surface area contributed by atoms with E-state index in [1.54, 1.807) is 12.1 Å². The van der Waals surface area contributed by atoms with Crippen LogP contribution in [0.3, 0.4) is 0 Å². The fourth-order valence-electron chi connectivity index (χ4n) is 3.61. The van der Waals surface area contributed by atoms with Gasteiger partial charge in [0.05, 0.1) is 17.6 Å². The molecular formula is C20H28N4O3S2. The van der Waals surface area contributed by atoms with Gasteiger partial charge in [-0.3, -0.25) is 14.0 Å². The summed E-state index contributed by atoms with van der Waals surface area (Å²) in [5, 5.41) is 5.19. The van der Waals surface area contributed by atoms with Gasteiger partial charge in [-0.05, 0) is 43.9 Å². The molecule has 1 aromatic carbocycles. The van der Waals surface area contributed by atoms with Gasteiger partial charge in [-0.2, -0.15) is 0 Å². The van der Waals surface area contributed by atoms with Gasteiger partial charge in [-0.1, -0.05) is 25.1 Å². The van der Waals surface area contributed by atoms with Crippen LogP contribution in [0.25, 0.3) is 0 Å². The van der Waals surface area contributed by atoms with Gasteiger partial charge in [0.15, 0.2) is 5.13 Å². The molecule has 0 saturated carbocycles. The second-order valence-corrected chi connectivity index (χ2v) is 10.5. The van der Waals surface area contributed by atoms with Crippen molar-refractivity contribution in [2.75, 3.05) is 35.5 Å². The van der Waals surface area contributed by atoms with Crippen molar-refractivity contribution in [1.29, 1.82) is 0 Å². The van der Waals surface area contributed by atoms with Crippen LogP contribution in [-0.2, 0) is 21.4 Å². The quantitative estimate of drug-likeness (QED) is 0.721. The molecule has 1 amide bonds. The Kier molecular flexibility index (Phi) is 6.92. The van der Waals surface area contributed by atoms with Gasteiger partial charge in [0.25, 0.3) is 0 Å². The van der Waals surface area contributed by atoms with Gasteiger partial charge in [0, 0.05) is 18.5 Å². The average molecular weight is 437 g/mol. The molecule has 1 aromatic heterocycles. The van der Waals surface area contributed by atoms with E-state index in [1.165, 1.54) is 24.2 Å². The van der Waals surface area contributed by atoms with E-state index in [2.05, 4.69) is 22.1 Å². The number of aryl methyl sites for hydroxylation is 1. The van der Waals surface area contributed by atoms with Crippen molar-refractivity contribution < 1.29 is 13.2 Å². The molecule has 2 heterocycles. The number of amides is 1. The number of para-hydroxylation sites is 1. The highest BCUT2D eigenvalue weighted by atomic mass is 32.2. The van der Waals surface area contributed by atoms with Crippen LogP contribution in [-0.4, -0.2) is 50.1 Å². The summed E-state index contributed by atoms with van der Waals surface area (Å²) in [4.78, 5) is 19.4. The first kappa shape index (κ1) is 21.7. The van der Waals surface area contributed by atoms with Crippen molar-refractivity contribution in [3.05, 3.63) is 40.9 Å². The molecule has 1 saturated heterocycles. The molecule has 0 aliphatic carbocycles. The number of nitrogens with zero attached hydrogens (tertiary/aromatic N) is 3. The molecular weight excluding hydrogens is 408 g/mol. The Morgan fingerprint density at radius 2 is 2.14 bits per heavy atom. The summed E-state index contributed by atoms with van der Waals surface area (Å²) in [7, 11) is -3.60. The number of anilines is 2. The summed E-state index contributed by atoms with van der Waals surface area (Å²) >= 11 is 1.36. The molecule has 3 rings (SSSR count). The predicted octanol–water partition coefficient (Wildman–Crippen LogP) is 3.09. The number of thiazole rings is 1. The monoisotopic (exact) mass is 436 g/mol. The lowest BCUT2D eigenvalue weighted by molar-refractivity contribution is -0.114. The maximum absolute atomic E-state index is 12.5. The molecule has 2 aromatic rings. The first-order valence-electron chi connectivity index (χ1n) is 9.72. The van der Waals surface area contributed by atoms with Crippen LogP contribution in [0.4, 0.5) is 10.8 Å². The number of piperidine rings is 1. The number of benzene rings is 1. The van der Waals surface area contributed by atoms with Crippen LogP contribution < -0.4 is 9.62 Å². The third-order valence-corrected chi connectivity index (χ3v) is 6.93. The van der Waals surface area contributed by atoms with Crippen LogP contribution in [0.1, 0.15) is 31.0 Å². The number of likely N-dealkylation sites (tertiary alicyclic amines) is 1. The topological polar surface area (TPSA) is 82.6 Å². The van der Waals surface area contributed by atoms with Gasteiger partial charge in [0.1, 0.15) is 6.54 Å². The van der Waals surface area contributed by atoms with Crippen molar-refractivity contribution >= 4 is 38.1 Å². The van der Waals surface area contributed by atoms with E-state index in [0.717, 1.165) is 41.5 Å². The summed E-state index contributed by atoms with van der Waals surface area (Å²) < 4.78 is 25.6. The lowest BCUT2D eigenvalue weighted by Crippen LogP contribution is -2.37. The fraction of sp³-hybridized carbons (Fsp3) is 0.500. The van der Waals surface area contributed by atoms with E-state index >= 15 is 0 Å². The normalized spacial score (nSPS) is 17.8. The molecule has 9 heteroatoms. The number of nitrogens with one attached hydrogen (secondary N) is 1. The SMILES string of the molecule is Cc1ccccc1N(CC(=O)Nc1nc(CN2CCCC(C)C2)cs1)S(C)(=O)=O. The van der Waals surface area contributed by atoms with Crippen molar-refractivity contribution in [3.63, 3.8) is 0 Å². The van der Waals surface area contributed by atoms with E-state index in [1.807, 2.05) is 24.4 Å². The van der Waals surface area contributed by atoms with Gasteiger partial charge in [-0.15, -0.1) is 11.3 Å². The Balaban J connectivity index is 1.64. The molecule has 7 nitrogen and oxygen atoms in total. The highest BCUT2D eigenvalue weighted by Crippen LogP contribution is 2.23. The number of carbonyl (C=O) groups is 1. The second kappa shape index (κ2) is 9.23. The fourth-order valence-corrected chi connectivity index (χ4v) is 5.24. The summed E-state index contributed by atoms with van der Waals surface area (Å²) in [6.45, 7) is 6.71. The zero-order chi connectivity index (χ0) is 21.0. The van der Waals surface area contributed by atoms with Crippen molar-refractivity contribution in [1.82, 2.24) is 9.88 Å².